The van der Waals surface area contributed by atoms with Crippen LogP contribution in [0.2, 0.25) is 43.1 Å². The molecular weight excluding hydrogens is 547 g/mol. The number of nitrogens with one attached hydrogen (secondary N) is 2. The number of rotatable bonds is 8. The van der Waals surface area contributed by atoms with Crippen LogP contribution in [0.5, 0.6) is 0 Å². The summed E-state index contributed by atoms with van der Waals surface area (Å²) < 4.78 is 0. The average molecular weight is 602 g/mol. The molecule has 5 heterocycles. The number of aromatic nitrogens is 4. The Morgan fingerprint density at radius 1 is 0.415 bits per heavy atom. The second-order valence-corrected chi connectivity index (χ2v) is 31.5. The summed E-state index contributed by atoms with van der Waals surface area (Å²) in [5.74, 6) is 0. The van der Waals surface area contributed by atoms with Crippen molar-refractivity contribution in [1.82, 2.24) is 19.9 Å². The molecule has 0 fully saturated rings. The fourth-order valence-electron chi connectivity index (χ4n) is 7.37. The zero-order chi connectivity index (χ0) is 29.9. The van der Waals surface area contributed by atoms with Crippen LogP contribution >= 0.6 is 0 Å². The summed E-state index contributed by atoms with van der Waals surface area (Å²) in [6.07, 6.45) is 8.09. The van der Waals surface area contributed by atoms with Crippen molar-refractivity contribution < 1.29 is 8.28 Å². The zero-order valence-corrected chi connectivity index (χ0v) is 27.8. The second-order valence-electron chi connectivity index (χ2n) is 12.1. The number of H-pyrrole nitrogens is 2. The SMILES string of the molecule is C1=Cc2cc3ccc(cc4nc(cc5ccc(cc1n2)[nH]5)C=C4)[nH]3.C[CH2][Ni]([CH2]C)([CH2]C)([CH2]C)([CH2]C)([CH2]C)([CH2]C)[CH2]C. The van der Waals surface area contributed by atoms with Crippen LogP contribution in [-0.4, -0.2) is 19.9 Å². The number of fused-ring (bicyclic) bond motifs is 8. The van der Waals surface area contributed by atoms with Gasteiger partial charge in [0.1, 0.15) is 0 Å². The first-order chi connectivity index (χ1) is 19.5. The minimum atomic E-state index is -3.08. The third kappa shape index (κ3) is 4.14. The molecule has 2 aliphatic rings. The normalized spacial score (nSPS) is 16.6. The van der Waals surface area contributed by atoms with E-state index in [0.717, 1.165) is 44.8 Å². The van der Waals surface area contributed by atoms with Crippen LogP contribution < -0.4 is 0 Å². The summed E-state index contributed by atoms with van der Waals surface area (Å²) in [5.41, 5.74) is 7.86. The molecular formula is C36H54N4Ni. The van der Waals surface area contributed by atoms with Crippen molar-refractivity contribution in [1.29, 1.82) is 0 Å². The quantitative estimate of drug-likeness (QED) is 0.174. The fraction of sp³-hybridized carbons (Fsp3) is 0.444. The zero-order valence-electron chi connectivity index (χ0n) is 26.8. The predicted octanol–water partition coefficient (Wildman–Crippen LogP) is 12.4. The predicted molar refractivity (Wildman–Crippen MR) is 183 cm³/mol. The monoisotopic (exact) mass is 600 g/mol. The van der Waals surface area contributed by atoms with Gasteiger partial charge in [0.15, 0.2) is 0 Å². The van der Waals surface area contributed by atoms with E-state index >= 15 is 0 Å². The van der Waals surface area contributed by atoms with Crippen molar-refractivity contribution in [3.8, 4) is 0 Å². The molecule has 0 aliphatic carbocycles. The van der Waals surface area contributed by atoms with E-state index in [1.54, 1.807) is 0 Å². The Labute approximate surface area is 243 Å². The van der Waals surface area contributed by atoms with Gasteiger partial charge in [-0.15, -0.1) is 0 Å². The molecule has 41 heavy (non-hydrogen) atoms. The van der Waals surface area contributed by atoms with Gasteiger partial charge in [-0.1, -0.05) is 0 Å². The molecule has 0 spiro atoms. The first-order valence-electron chi connectivity index (χ1n) is 15.3. The Kier molecular flexibility index (Phi) is 6.85. The molecule has 0 saturated carbocycles. The van der Waals surface area contributed by atoms with Crippen LogP contribution in [-0.2, 0) is 8.28 Å². The van der Waals surface area contributed by atoms with E-state index in [-0.39, 0.29) is 0 Å². The summed E-state index contributed by atoms with van der Waals surface area (Å²) in [5, 5.41) is 11.4. The first-order valence-corrected chi connectivity index (χ1v) is 20.9. The maximum atomic E-state index is 4.63. The van der Waals surface area contributed by atoms with E-state index < -0.39 is 8.28 Å². The molecule has 8 bridgehead atoms. The van der Waals surface area contributed by atoms with Gasteiger partial charge in [-0.2, -0.15) is 0 Å². The van der Waals surface area contributed by atoms with Gasteiger partial charge in [0.25, 0.3) is 0 Å². The van der Waals surface area contributed by atoms with Crippen LogP contribution in [0.4, 0.5) is 0 Å². The molecule has 0 atom stereocenters. The Balaban J connectivity index is 0.000000204. The van der Waals surface area contributed by atoms with Gasteiger partial charge >= 0.3 is 107 Å². The summed E-state index contributed by atoms with van der Waals surface area (Å²) in [6, 6.07) is 16.4. The van der Waals surface area contributed by atoms with Gasteiger partial charge < -0.3 is 9.97 Å². The van der Waals surface area contributed by atoms with E-state index in [1.807, 2.05) is 48.6 Å². The number of hydrogen-bond acceptors (Lipinski definition) is 2. The average Bonchev–Trinajstić information content (AvgIpc) is 3.85. The molecule has 3 aromatic heterocycles. The van der Waals surface area contributed by atoms with Crippen LogP contribution in [0, 0.1) is 0 Å². The summed E-state index contributed by atoms with van der Waals surface area (Å²) >= 11 is 0. The van der Waals surface area contributed by atoms with Gasteiger partial charge in [-0.05, 0) is 72.8 Å². The van der Waals surface area contributed by atoms with Crippen LogP contribution in [0.3, 0.4) is 0 Å². The minimum absolute atomic E-state index is 0.939. The maximum absolute atomic E-state index is 4.63. The fourth-order valence-corrected chi connectivity index (χ4v) is 21.2. The Bertz CT molecular complexity index is 1430. The molecule has 0 saturated heterocycles. The summed E-state index contributed by atoms with van der Waals surface area (Å²) in [6.45, 7) is 20.1. The third-order valence-electron chi connectivity index (χ3n) is 12.9. The van der Waals surface area contributed by atoms with Crippen LogP contribution in [0.25, 0.3) is 46.4 Å². The molecule has 5 heteroatoms. The number of aromatic amines is 2. The Morgan fingerprint density at radius 3 is 0.805 bits per heavy atom. The standard InChI is InChI=1S/C20H14N4.8C2H5.Ni/c1-2-14-10-16-5-6-18(23-16)12-20-8-7-19(24-20)11-17-4-3-15(22-17)9-13(1)21-14;8*1-2;/h1-12,21,24H;8*1H2,2H3;. The molecule has 2 N–H and O–H groups in total. The van der Waals surface area contributed by atoms with E-state index in [1.165, 1.54) is 43.1 Å². The molecule has 0 unspecified atom stereocenters. The summed E-state index contributed by atoms with van der Waals surface area (Å²) in [4.78, 5) is 16.0. The van der Waals surface area contributed by atoms with Crippen LogP contribution in [0.1, 0.15) is 78.2 Å². The first kappa shape index (κ1) is 31.0. The van der Waals surface area contributed by atoms with Crippen LogP contribution in [0.15, 0.2) is 48.5 Å². The molecule has 5 rings (SSSR count). The molecule has 0 radical (unpaired) electrons. The number of hydrogen-bond donors (Lipinski definition) is 2. The van der Waals surface area contributed by atoms with Crippen molar-refractivity contribution in [3.63, 3.8) is 0 Å². The second kappa shape index (κ2) is 9.04. The topological polar surface area (TPSA) is 57.4 Å². The van der Waals surface area contributed by atoms with Gasteiger partial charge in [-0.25, -0.2) is 9.97 Å². The third-order valence-corrected chi connectivity index (χ3v) is 40.5. The Morgan fingerprint density at radius 2 is 0.634 bits per heavy atom. The molecule has 228 valence electrons. The molecule has 2 aliphatic heterocycles. The van der Waals surface area contributed by atoms with E-state index in [2.05, 4.69) is 99.6 Å². The van der Waals surface area contributed by atoms with Crippen molar-refractivity contribution in [3.05, 3.63) is 71.3 Å². The van der Waals surface area contributed by atoms with E-state index in [9.17, 15) is 0 Å². The molecule has 4 nitrogen and oxygen atoms in total. The van der Waals surface area contributed by atoms with Gasteiger partial charge in [0.05, 0.1) is 22.8 Å². The van der Waals surface area contributed by atoms with Crippen molar-refractivity contribution >= 4 is 46.4 Å². The van der Waals surface area contributed by atoms with E-state index in [0.29, 0.717) is 0 Å². The van der Waals surface area contributed by atoms with Gasteiger partial charge in [0.2, 0.25) is 0 Å². The van der Waals surface area contributed by atoms with Crippen molar-refractivity contribution in [2.45, 2.75) is 98.5 Å². The molecule has 0 amide bonds. The number of nitrogens with zero attached hydrogens (tertiary/aromatic N) is 2. The Hall–Kier alpha value is -2.91. The molecule has 3 aromatic rings. The van der Waals surface area contributed by atoms with Crippen molar-refractivity contribution in [2.24, 2.45) is 0 Å². The van der Waals surface area contributed by atoms with Gasteiger partial charge in [0, 0.05) is 22.1 Å². The summed E-state index contributed by atoms with van der Waals surface area (Å²) in [7, 11) is -3.08. The van der Waals surface area contributed by atoms with Crippen molar-refractivity contribution in [2.75, 3.05) is 0 Å². The molecule has 0 aromatic carbocycles. The van der Waals surface area contributed by atoms with E-state index in [4.69, 9.17) is 0 Å². The van der Waals surface area contributed by atoms with Gasteiger partial charge in [-0.3, -0.25) is 0 Å².